The van der Waals surface area contributed by atoms with Crippen LogP contribution in [0.5, 0.6) is 0 Å². The summed E-state index contributed by atoms with van der Waals surface area (Å²) in [7, 11) is -1.04. The molecule has 2 rings (SSSR count). The van der Waals surface area contributed by atoms with Gasteiger partial charge in [-0.1, -0.05) is 31.0 Å². The third-order valence-electron chi connectivity index (χ3n) is 2.82. The summed E-state index contributed by atoms with van der Waals surface area (Å²) in [6.07, 6.45) is 0. The number of nitrogens with two attached hydrogens (primary N) is 1. The molecule has 0 bridgehead atoms. The summed E-state index contributed by atoms with van der Waals surface area (Å²) in [4.78, 5) is 19.7. The largest absolute Gasteiger partial charge is 0.375 e. The molecule has 2 heterocycles. The number of amides is 1. The molecule has 4 N–H and O–H groups in total. The molecule has 0 aliphatic heterocycles. The van der Waals surface area contributed by atoms with Crippen molar-refractivity contribution in [3.05, 3.63) is 16.8 Å². The van der Waals surface area contributed by atoms with E-state index in [9.17, 15) is 4.79 Å². The van der Waals surface area contributed by atoms with Gasteiger partial charge in [0.2, 0.25) is 0 Å². The van der Waals surface area contributed by atoms with E-state index in [1.54, 1.807) is 6.07 Å². The van der Waals surface area contributed by atoms with E-state index in [1.165, 1.54) is 11.3 Å². The zero-order valence-corrected chi connectivity index (χ0v) is 13.8. The lowest BCUT2D eigenvalue weighted by Gasteiger charge is -2.14. The molecule has 0 aromatic carbocycles. The first kappa shape index (κ1) is 15.2. The molecule has 0 radical (unpaired) electrons. The molecule has 2 aromatic rings. The second-order valence-electron chi connectivity index (χ2n) is 5.84. The van der Waals surface area contributed by atoms with E-state index in [1.807, 2.05) is 0 Å². The van der Waals surface area contributed by atoms with Gasteiger partial charge in [-0.3, -0.25) is 10.2 Å². The number of carbonyl (C=O) groups excluding carboxylic acids is 1. The van der Waals surface area contributed by atoms with Crippen LogP contribution in [0.3, 0.4) is 0 Å². The SMILES string of the molecule is C[Si](C)(C)CCOCc1nc2cc(C(=O)NN)[nH]c2s1. The molecule has 0 atom stereocenters. The molecule has 6 nitrogen and oxygen atoms in total. The van der Waals surface area contributed by atoms with Gasteiger partial charge in [0, 0.05) is 14.7 Å². The summed E-state index contributed by atoms with van der Waals surface area (Å²) < 4.78 is 5.66. The van der Waals surface area contributed by atoms with Crippen LogP contribution >= 0.6 is 11.3 Å². The average molecular weight is 312 g/mol. The van der Waals surface area contributed by atoms with E-state index >= 15 is 0 Å². The van der Waals surface area contributed by atoms with Crippen LogP contribution in [0.15, 0.2) is 6.07 Å². The Hall–Kier alpha value is -1.22. The Morgan fingerprint density at radius 1 is 1.55 bits per heavy atom. The summed E-state index contributed by atoms with van der Waals surface area (Å²) >= 11 is 1.50. The van der Waals surface area contributed by atoms with Crippen LogP contribution in [0, 0.1) is 0 Å². The van der Waals surface area contributed by atoms with Gasteiger partial charge in [-0.2, -0.15) is 0 Å². The van der Waals surface area contributed by atoms with Crippen LogP contribution < -0.4 is 11.3 Å². The lowest BCUT2D eigenvalue weighted by Crippen LogP contribution is -2.30. The predicted octanol–water partition coefficient (Wildman–Crippen LogP) is 2.08. The van der Waals surface area contributed by atoms with Gasteiger partial charge in [0.15, 0.2) is 0 Å². The van der Waals surface area contributed by atoms with Crippen molar-refractivity contribution in [2.45, 2.75) is 32.3 Å². The fraction of sp³-hybridized carbons (Fsp3) is 0.500. The fourth-order valence-corrected chi connectivity index (χ4v) is 3.31. The van der Waals surface area contributed by atoms with Gasteiger partial charge in [-0.05, 0) is 12.1 Å². The molecule has 1 amide bonds. The van der Waals surface area contributed by atoms with Gasteiger partial charge in [-0.15, -0.1) is 0 Å². The second kappa shape index (κ2) is 6.04. The molecular weight excluding hydrogens is 292 g/mol. The van der Waals surface area contributed by atoms with E-state index in [-0.39, 0.29) is 5.91 Å². The predicted molar refractivity (Wildman–Crippen MR) is 83.4 cm³/mol. The molecule has 0 aliphatic rings. The highest BCUT2D eigenvalue weighted by Crippen LogP contribution is 2.23. The summed E-state index contributed by atoms with van der Waals surface area (Å²) in [5.74, 6) is 4.74. The van der Waals surface area contributed by atoms with Crippen LogP contribution in [-0.4, -0.2) is 30.6 Å². The lowest BCUT2D eigenvalue weighted by molar-refractivity contribution is 0.0949. The number of hydrogen-bond donors (Lipinski definition) is 3. The third-order valence-corrected chi connectivity index (χ3v) is 5.49. The number of nitrogen functional groups attached to an aromatic ring is 1. The normalized spacial score (nSPS) is 12.0. The summed E-state index contributed by atoms with van der Waals surface area (Å²) in [6.45, 7) is 8.28. The van der Waals surface area contributed by atoms with Crippen LogP contribution in [-0.2, 0) is 11.3 Å². The number of aromatic nitrogens is 2. The first-order chi connectivity index (χ1) is 9.39. The Labute approximate surface area is 122 Å². The maximum absolute atomic E-state index is 11.4. The van der Waals surface area contributed by atoms with E-state index in [2.05, 4.69) is 35.0 Å². The van der Waals surface area contributed by atoms with Crippen molar-refractivity contribution in [2.24, 2.45) is 5.84 Å². The maximum atomic E-state index is 11.4. The van der Waals surface area contributed by atoms with E-state index in [4.69, 9.17) is 10.6 Å². The first-order valence-electron chi connectivity index (χ1n) is 6.46. The average Bonchev–Trinajstić information content (AvgIpc) is 2.90. The Kier molecular flexibility index (Phi) is 4.58. The summed E-state index contributed by atoms with van der Waals surface area (Å²) in [5, 5.41) is 0.918. The molecule has 0 saturated carbocycles. The Morgan fingerprint density at radius 3 is 2.90 bits per heavy atom. The number of carbonyl (C=O) groups is 1. The van der Waals surface area contributed by atoms with Crippen molar-refractivity contribution in [3.63, 3.8) is 0 Å². The zero-order chi connectivity index (χ0) is 14.8. The van der Waals surface area contributed by atoms with Gasteiger partial charge < -0.3 is 9.72 Å². The Morgan fingerprint density at radius 2 is 2.30 bits per heavy atom. The number of fused-ring (bicyclic) bond motifs is 1. The van der Waals surface area contributed by atoms with Crippen molar-refractivity contribution in [2.75, 3.05) is 6.61 Å². The molecule has 110 valence electrons. The Bertz CT molecular complexity index is 571. The first-order valence-corrected chi connectivity index (χ1v) is 11.0. The molecule has 20 heavy (non-hydrogen) atoms. The Balaban J connectivity index is 1.92. The molecule has 0 spiro atoms. The lowest BCUT2D eigenvalue weighted by atomic mass is 10.4. The number of ether oxygens (including phenoxy) is 1. The van der Waals surface area contributed by atoms with Crippen molar-refractivity contribution in [1.29, 1.82) is 0 Å². The van der Waals surface area contributed by atoms with Crippen molar-refractivity contribution >= 4 is 35.7 Å². The van der Waals surface area contributed by atoms with Crippen LogP contribution in [0.25, 0.3) is 10.3 Å². The van der Waals surface area contributed by atoms with Gasteiger partial charge in [0.1, 0.15) is 21.0 Å². The number of hydrogen-bond acceptors (Lipinski definition) is 5. The molecule has 8 heteroatoms. The second-order valence-corrected chi connectivity index (χ2v) is 12.5. The van der Waals surface area contributed by atoms with E-state index in [0.29, 0.717) is 12.3 Å². The number of nitrogens with zero attached hydrogens (tertiary/aromatic N) is 1. The minimum absolute atomic E-state index is 0.344. The minimum Gasteiger partial charge on any atom is -0.375 e. The van der Waals surface area contributed by atoms with Crippen LogP contribution in [0.1, 0.15) is 15.5 Å². The number of nitrogens with one attached hydrogen (secondary N) is 2. The number of thiazole rings is 1. The molecule has 0 unspecified atom stereocenters. The number of rotatable bonds is 6. The van der Waals surface area contributed by atoms with Gasteiger partial charge in [-0.25, -0.2) is 10.8 Å². The molecule has 0 aliphatic carbocycles. The van der Waals surface area contributed by atoms with Crippen molar-refractivity contribution < 1.29 is 9.53 Å². The standard InChI is InChI=1S/C12H20N4O2SSi/c1-20(2,3)5-4-18-7-10-14-9-6-8(11(17)16-13)15-12(9)19-10/h6,15H,4-5,7,13H2,1-3H3,(H,16,17). The van der Waals surface area contributed by atoms with Crippen LogP contribution in [0.4, 0.5) is 0 Å². The number of H-pyrrole nitrogens is 1. The highest BCUT2D eigenvalue weighted by Gasteiger charge is 2.14. The molecule has 0 saturated heterocycles. The monoisotopic (exact) mass is 312 g/mol. The van der Waals surface area contributed by atoms with Gasteiger partial charge >= 0.3 is 0 Å². The fourth-order valence-electron chi connectivity index (χ4n) is 1.66. The van der Waals surface area contributed by atoms with Crippen molar-refractivity contribution in [3.8, 4) is 0 Å². The summed E-state index contributed by atoms with van der Waals surface area (Å²) in [5.41, 5.74) is 3.29. The van der Waals surface area contributed by atoms with Gasteiger partial charge in [0.05, 0.1) is 6.61 Å². The van der Waals surface area contributed by atoms with Gasteiger partial charge in [0.25, 0.3) is 5.91 Å². The number of hydrazine groups is 1. The molecule has 0 fully saturated rings. The van der Waals surface area contributed by atoms with E-state index < -0.39 is 8.07 Å². The molecule has 2 aromatic heterocycles. The van der Waals surface area contributed by atoms with Crippen LogP contribution in [0.2, 0.25) is 25.7 Å². The quantitative estimate of drug-likeness (QED) is 0.250. The third kappa shape index (κ3) is 3.89. The zero-order valence-electron chi connectivity index (χ0n) is 11.9. The number of aromatic amines is 1. The van der Waals surface area contributed by atoms with E-state index in [0.717, 1.165) is 28.0 Å². The smallest absolute Gasteiger partial charge is 0.281 e. The topological polar surface area (TPSA) is 93.0 Å². The highest BCUT2D eigenvalue weighted by atomic mass is 32.1. The summed E-state index contributed by atoms with van der Waals surface area (Å²) in [6, 6.07) is 2.84. The highest BCUT2D eigenvalue weighted by molar-refractivity contribution is 7.18. The molecular formula is C12H20N4O2SSi. The minimum atomic E-state index is -1.04. The maximum Gasteiger partial charge on any atom is 0.281 e. The van der Waals surface area contributed by atoms with Crippen molar-refractivity contribution in [1.82, 2.24) is 15.4 Å².